The monoisotopic (exact) mass is 289 g/mol. The molecule has 0 aromatic heterocycles. The summed E-state index contributed by atoms with van der Waals surface area (Å²) >= 11 is 0. The van der Waals surface area contributed by atoms with Crippen LogP contribution in [0.4, 0.5) is 0 Å². The van der Waals surface area contributed by atoms with E-state index in [1.165, 1.54) is 30.4 Å². The summed E-state index contributed by atoms with van der Waals surface area (Å²) in [7, 11) is 0. The topological polar surface area (TPSA) is 26.0 Å². The minimum Gasteiger partial charge on any atom is -0.327 e. The Kier molecular flexibility index (Phi) is 5.69. The van der Waals surface area contributed by atoms with Crippen LogP contribution in [-0.4, -0.2) is 6.54 Å². The Labute approximate surface area is 133 Å². The first kappa shape index (κ1) is 14.6. The minimum absolute atomic E-state index is 0.222. The first-order valence-corrected chi connectivity index (χ1v) is 7.80. The maximum atomic E-state index is 8.05. The maximum Gasteiger partial charge on any atom is 0.0625 e. The molecule has 1 rings (SSSR count). The van der Waals surface area contributed by atoms with Crippen molar-refractivity contribution >= 4 is 0 Å². The van der Waals surface area contributed by atoms with Crippen molar-refractivity contribution in [1.29, 1.82) is 0 Å². The Morgan fingerprint density at radius 3 is 2.67 bits per heavy atom. The quantitative estimate of drug-likeness (QED) is 0.667. The summed E-state index contributed by atoms with van der Waals surface area (Å²) in [5.41, 5.74) is 10.3. The molecule has 0 aromatic rings. The molecule has 2 N–H and O–H groups in total. The van der Waals surface area contributed by atoms with Crippen LogP contribution in [0.25, 0.3) is 0 Å². The second-order valence-corrected chi connectivity index (χ2v) is 6.55. The molecule has 0 aliphatic heterocycles. The molecule has 0 heterocycles. The summed E-state index contributed by atoms with van der Waals surface area (Å²) in [6, 6.07) is 0.458. The second kappa shape index (κ2) is 8.19. The third kappa shape index (κ3) is 5.89. The van der Waals surface area contributed by atoms with Gasteiger partial charge in [-0.25, -0.2) is 0 Å². The largest absolute Gasteiger partial charge is 0.327 e. The van der Waals surface area contributed by atoms with Gasteiger partial charge in [0.25, 0.3) is 0 Å². The summed E-state index contributed by atoms with van der Waals surface area (Å²) < 4.78 is 16.0. The first-order chi connectivity index (χ1) is 10.7. The van der Waals surface area contributed by atoms with E-state index in [0.717, 1.165) is 11.1 Å². The SMILES string of the molecule is [3H]C(/C=C(C)/C=C/C1=C(C)CCCC1(C)C)=C([3H])\C(C)=C\CN. The fourth-order valence-corrected chi connectivity index (χ4v) is 2.76. The van der Waals surface area contributed by atoms with E-state index >= 15 is 0 Å². The van der Waals surface area contributed by atoms with Crippen molar-refractivity contribution in [3.63, 3.8) is 0 Å². The lowest BCUT2D eigenvalue weighted by molar-refractivity contribution is 0.377. The van der Waals surface area contributed by atoms with Gasteiger partial charge < -0.3 is 5.73 Å². The first-order valence-electron chi connectivity index (χ1n) is 8.80. The van der Waals surface area contributed by atoms with Gasteiger partial charge in [-0.1, -0.05) is 67.0 Å². The van der Waals surface area contributed by atoms with Gasteiger partial charge in [0.15, 0.2) is 0 Å². The molecule has 1 aliphatic carbocycles. The molecule has 0 saturated carbocycles. The lowest BCUT2D eigenvalue weighted by atomic mass is 9.72. The van der Waals surface area contributed by atoms with Crippen LogP contribution in [0.15, 0.2) is 58.7 Å². The number of nitrogens with two attached hydrogens (primary N) is 1. The van der Waals surface area contributed by atoms with Crippen molar-refractivity contribution in [3.8, 4) is 0 Å². The van der Waals surface area contributed by atoms with Crippen LogP contribution in [0.3, 0.4) is 0 Å². The summed E-state index contributed by atoms with van der Waals surface area (Å²) in [4.78, 5) is 0. The minimum atomic E-state index is 0.222. The molecule has 0 amide bonds. The van der Waals surface area contributed by atoms with Crippen molar-refractivity contribution in [2.24, 2.45) is 11.1 Å². The average Bonchev–Trinajstić information content (AvgIpc) is 2.45. The van der Waals surface area contributed by atoms with E-state index in [9.17, 15) is 0 Å². The zero-order chi connectivity index (χ0) is 17.6. The van der Waals surface area contributed by atoms with E-state index in [1.807, 2.05) is 13.8 Å². The number of allylic oxidation sites excluding steroid dienone is 9. The van der Waals surface area contributed by atoms with E-state index < -0.39 is 0 Å². The Hall–Kier alpha value is -1.34. The molecule has 0 atom stereocenters. The Morgan fingerprint density at radius 1 is 1.33 bits per heavy atom. The predicted molar refractivity (Wildman–Crippen MR) is 95.2 cm³/mol. The molecule has 0 bridgehead atoms. The van der Waals surface area contributed by atoms with Gasteiger partial charge in [-0.15, -0.1) is 0 Å². The average molecular weight is 289 g/mol. The van der Waals surface area contributed by atoms with Crippen LogP contribution in [0.2, 0.25) is 0 Å². The van der Waals surface area contributed by atoms with Crippen LogP contribution < -0.4 is 5.73 Å². The highest BCUT2D eigenvalue weighted by Crippen LogP contribution is 2.40. The Balaban J connectivity index is 3.00. The van der Waals surface area contributed by atoms with Crippen LogP contribution in [0.5, 0.6) is 0 Å². The zero-order valence-corrected chi connectivity index (χ0v) is 14.2. The van der Waals surface area contributed by atoms with E-state index in [2.05, 4.69) is 32.9 Å². The fraction of sp³-hybridized carbons (Fsp3) is 0.500. The maximum absolute atomic E-state index is 8.05. The van der Waals surface area contributed by atoms with Gasteiger partial charge >= 0.3 is 0 Å². The molecule has 0 unspecified atom stereocenters. The van der Waals surface area contributed by atoms with Gasteiger partial charge in [0.2, 0.25) is 0 Å². The molecular formula is C20H31N. The zero-order valence-electron chi connectivity index (χ0n) is 16.2. The Bertz CT molecular complexity index is 587. The van der Waals surface area contributed by atoms with E-state index in [-0.39, 0.29) is 17.5 Å². The predicted octanol–water partition coefficient (Wildman–Crippen LogP) is 5.48. The smallest absolute Gasteiger partial charge is 0.0625 e. The highest BCUT2D eigenvalue weighted by Gasteiger charge is 2.26. The lowest BCUT2D eigenvalue weighted by Crippen LogP contribution is -2.19. The summed E-state index contributed by atoms with van der Waals surface area (Å²) in [6.45, 7) is 11.0. The molecule has 1 heteroatoms. The van der Waals surface area contributed by atoms with Gasteiger partial charge in [0, 0.05) is 6.54 Å². The molecule has 1 aliphatic rings. The van der Waals surface area contributed by atoms with Crippen molar-refractivity contribution in [1.82, 2.24) is 0 Å². The van der Waals surface area contributed by atoms with Gasteiger partial charge in [0.1, 0.15) is 0 Å². The normalized spacial score (nSPS) is 23.1. The molecule has 0 aromatic carbocycles. The van der Waals surface area contributed by atoms with Crippen molar-refractivity contribution < 1.29 is 2.74 Å². The molecule has 0 fully saturated rings. The third-order valence-electron chi connectivity index (χ3n) is 4.05. The van der Waals surface area contributed by atoms with E-state index in [0.29, 0.717) is 6.54 Å². The number of hydrogen-bond donors (Lipinski definition) is 1. The standard InChI is InChI=1S/C20H31N/c1-16(8-6-9-17(2)13-15-21)11-12-19-18(3)10-7-14-20(19,4)5/h6,8-9,11-13H,7,10,14-15,21H2,1-5H3/b9-6+,12-11+,16-8+,17-13+/i6T,9T. The van der Waals surface area contributed by atoms with Crippen LogP contribution in [-0.2, 0) is 0 Å². The summed E-state index contributed by atoms with van der Waals surface area (Å²) in [5, 5.41) is 0. The summed E-state index contributed by atoms with van der Waals surface area (Å²) in [5.74, 6) is 0. The van der Waals surface area contributed by atoms with Crippen molar-refractivity contribution in [2.75, 3.05) is 6.54 Å². The highest BCUT2D eigenvalue weighted by molar-refractivity contribution is 5.37. The second-order valence-electron chi connectivity index (χ2n) is 6.55. The number of hydrogen-bond acceptors (Lipinski definition) is 1. The van der Waals surface area contributed by atoms with Crippen molar-refractivity contribution in [3.05, 3.63) is 58.7 Å². The van der Waals surface area contributed by atoms with Crippen LogP contribution >= 0.6 is 0 Å². The van der Waals surface area contributed by atoms with E-state index in [1.54, 1.807) is 12.2 Å². The van der Waals surface area contributed by atoms with Gasteiger partial charge in [0.05, 0.1) is 2.74 Å². The van der Waals surface area contributed by atoms with Gasteiger partial charge in [-0.05, 0) is 51.0 Å². The van der Waals surface area contributed by atoms with E-state index in [4.69, 9.17) is 8.48 Å². The molecule has 1 nitrogen and oxygen atoms in total. The van der Waals surface area contributed by atoms with Crippen LogP contribution in [0.1, 0.15) is 56.6 Å². The van der Waals surface area contributed by atoms with Gasteiger partial charge in [-0.3, -0.25) is 0 Å². The van der Waals surface area contributed by atoms with Crippen molar-refractivity contribution in [2.45, 2.75) is 53.9 Å². The highest BCUT2D eigenvalue weighted by atomic mass is 14.5. The molecule has 116 valence electrons. The lowest BCUT2D eigenvalue weighted by Gasteiger charge is -2.32. The summed E-state index contributed by atoms with van der Waals surface area (Å²) in [6.07, 6.45) is 11.4. The van der Waals surface area contributed by atoms with Gasteiger partial charge in [-0.2, -0.15) is 0 Å². The molecule has 0 spiro atoms. The number of rotatable bonds is 5. The molecule has 21 heavy (non-hydrogen) atoms. The fourth-order valence-electron chi connectivity index (χ4n) is 2.76. The molecule has 0 radical (unpaired) electrons. The third-order valence-corrected chi connectivity index (χ3v) is 4.05. The molecule has 0 saturated heterocycles. The Morgan fingerprint density at radius 2 is 2.05 bits per heavy atom. The molecular weight excluding hydrogens is 254 g/mol. The van der Waals surface area contributed by atoms with Crippen LogP contribution in [0, 0.1) is 5.41 Å².